The van der Waals surface area contributed by atoms with E-state index in [1.807, 2.05) is 0 Å². The zero-order chi connectivity index (χ0) is 17.4. The van der Waals surface area contributed by atoms with Crippen molar-refractivity contribution in [3.05, 3.63) is 33.0 Å². The van der Waals surface area contributed by atoms with Crippen LogP contribution in [0.5, 0.6) is 0 Å². The fourth-order valence-electron chi connectivity index (χ4n) is 2.32. The van der Waals surface area contributed by atoms with E-state index in [-0.39, 0.29) is 18.9 Å². The van der Waals surface area contributed by atoms with Crippen LogP contribution in [0.1, 0.15) is 12.2 Å². The van der Waals surface area contributed by atoms with Gasteiger partial charge in [-0.05, 0) is 6.92 Å². The molecular formula is C13H15N7O3S. The van der Waals surface area contributed by atoms with Crippen LogP contribution in [-0.2, 0) is 25.4 Å². The molecular weight excluding hydrogens is 334 g/mol. The van der Waals surface area contributed by atoms with Gasteiger partial charge in [-0.25, -0.2) is 14.8 Å². The number of nitrogens with one attached hydrogen (secondary N) is 1. The summed E-state index contributed by atoms with van der Waals surface area (Å²) in [6.07, 6.45) is 1.59. The Labute approximate surface area is 139 Å². The normalized spacial score (nSPS) is 11.1. The lowest BCUT2D eigenvalue weighted by atomic mass is 10.4. The molecule has 1 N–H and O–H groups in total. The van der Waals surface area contributed by atoms with Gasteiger partial charge in [0.2, 0.25) is 11.0 Å². The van der Waals surface area contributed by atoms with E-state index in [1.54, 1.807) is 18.5 Å². The number of anilines is 1. The van der Waals surface area contributed by atoms with Crippen LogP contribution in [0.4, 0.5) is 5.13 Å². The number of carbonyl (C=O) groups excluding carboxylic acids is 1. The van der Waals surface area contributed by atoms with Gasteiger partial charge in [-0.2, -0.15) is 4.37 Å². The van der Waals surface area contributed by atoms with Crippen molar-refractivity contribution in [2.24, 2.45) is 14.1 Å². The predicted molar refractivity (Wildman–Crippen MR) is 88.1 cm³/mol. The van der Waals surface area contributed by atoms with Crippen LogP contribution in [0.3, 0.4) is 0 Å². The number of aryl methyl sites for hydroxylation is 3. The van der Waals surface area contributed by atoms with Gasteiger partial charge in [0.15, 0.2) is 11.2 Å². The Bertz CT molecular complexity index is 1040. The van der Waals surface area contributed by atoms with Crippen molar-refractivity contribution in [2.45, 2.75) is 19.9 Å². The van der Waals surface area contributed by atoms with Crippen LogP contribution in [0.25, 0.3) is 11.2 Å². The molecule has 0 atom stereocenters. The Hall–Kier alpha value is -2.82. The lowest BCUT2D eigenvalue weighted by molar-refractivity contribution is -0.116. The largest absolute Gasteiger partial charge is 0.332 e. The number of carbonyl (C=O) groups is 1. The van der Waals surface area contributed by atoms with Crippen LogP contribution in [0, 0.1) is 6.92 Å². The summed E-state index contributed by atoms with van der Waals surface area (Å²) >= 11 is 1.11. The van der Waals surface area contributed by atoms with Crippen molar-refractivity contribution >= 4 is 33.7 Å². The number of nitrogens with zero attached hydrogens (tertiary/aromatic N) is 6. The molecule has 0 spiro atoms. The third-order valence-electron chi connectivity index (χ3n) is 3.57. The van der Waals surface area contributed by atoms with E-state index in [0.717, 1.165) is 16.1 Å². The summed E-state index contributed by atoms with van der Waals surface area (Å²) in [5.74, 6) is 0.356. The molecule has 126 valence electrons. The minimum absolute atomic E-state index is 0.135. The van der Waals surface area contributed by atoms with Crippen LogP contribution in [-0.4, -0.2) is 33.9 Å². The Kier molecular flexibility index (Phi) is 4.01. The summed E-state index contributed by atoms with van der Waals surface area (Å²) in [5, 5.41) is 3.09. The molecule has 0 aliphatic carbocycles. The lowest BCUT2D eigenvalue weighted by Gasteiger charge is -2.06. The van der Waals surface area contributed by atoms with Gasteiger partial charge in [-0.15, -0.1) is 0 Å². The number of hydrogen-bond acceptors (Lipinski definition) is 7. The highest BCUT2D eigenvalue weighted by Crippen LogP contribution is 2.11. The molecule has 10 nitrogen and oxygen atoms in total. The zero-order valence-corrected chi connectivity index (χ0v) is 14.1. The Morgan fingerprint density at radius 1 is 1.29 bits per heavy atom. The Morgan fingerprint density at radius 2 is 2.04 bits per heavy atom. The first-order valence-electron chi connectivity index (χ1n) is 7.09. The number of amides is 1. The highest BCUT2D eigenvalue weighted by Gasteiger charge is 2.15. The van der Waals surface area contributed by atoms with Crippen LogP contribution < -0.4 is 16.6 Å². The summed E-state index contributed by atoms with van der Waals surface area (Å²) in [5.41, 5.74) is -0.296. The quantitative estimate of drug-likeness (QED) is 0.686. The van der Waals surface area contributed by atoms with Gasteiger partial charge >= 0.3 is 5.69 Å². The molecule has 3 aromatic heterocycles. The second kappa shape index (κ2) is 6.00. The van der Waals surface area contributed by atoms with Crippen LogP contribution >= 0.6 is 11.5 Å². The fraction of sp³-hybridized carbons (Fsp3) is 0.385. The third kappa shape index (κ3) is 2.73. The average molecular weight is 349 g/mol. The van der Waals surface area contributed by atoms with Crippen molar-refractivity contribution < 1.29 is 4.79 Å². The van der Waals surface area contributed by atoms with E-state index in [0.29, 0.717) is 22.1 Å². The van der Waals surface area contributed by atoms with E-state index < -0.39 is 11.2 Å². The molecule has 3 aromatic rings. The molecule has 0 aromatic carbocycles. The molecule has 0 bridgehead atoms. The van der Waals surface area contributed by atoms with Gasteiger partial charge in [0, 0.05) is 38.6 Å². The topological polar surface area (TPSA) is 117 Å². The highest BCUT2D eigenvalue weighted by molar-refractivity contribution is 7.09. The minimum atomic E-state index is -0.442. The zero-order valence-electron chi connectivity index (χ0n) is 13.3. The average Bonchev–Trinajstić information content (AvgIpc) is 3.15. The fourth-order valence-corrected chi connectivity index (χ4v) is 2.91. The summed E-state index contributed by atoms with van der Waals surface area (Å²) in [6, 6.07) is 0. The summed E-state index contributed by atoms with van der Waals surface area (Å²) in [4.78, 5) is 44.3. The molecule has 0 unspecified atom stereocenters. The molecule has 24 heavy (non-hydrogen) atoms. The predicted octanol–water partition coefficient (Wildman–Crippen LogP) is -0.378. The van der Waals surface area contributed by atoms with Crippen molar-refractivity contribution in [1.82, 2.24) is 28.0 Å². The first-order chi connectivity index (χ1) is 11.4. The number of fused-ring (bicyclic) bond motifs is 1. The highest BCUT2D eigenvalue weighted by atomic mass is 32.1. The van der Waals surface area contributed by atoms with Gasteiger partial charge in [-0.1, -0.05) is 0 Å². The number of aromatic nitrogens is 6. The molecule has 0 aliphatic rings. The van der Waals surface area contributed by atoms with Gasteiger partial charge in [0.25, 0.3) is 5.56 Å². The number of hydrogen-bond donors (Lipinski definition) is 1. The first kappa shape index (κ1) is 16.1. The lowest BCUT2D eigenvalue weighted by Crippen LogP contribution is -2.37. The molecule has 0 saturated heterocycles. The molecule has 3 rings (SSSR count). The number of rotatable bonds is 4. The minimum Gasteiger partial charge on any atom is -0.324 e. The maximum atomic E-state index is 12.3. The molecule has 0 fully saturated rings. The van der Waals surface area contributed by atoms with Crippen molar-refractivity contribution in [1.29, 1.82) is 0 Å². The summed E-state index contributed by atoms with van der Waals surface area (Å²) < 4.78 is 7.88. The molecule has 0 radical (unpaired) electrons. The maximum absolute atomic E-state index is 12.3. The molecule has 1 amide bonds. The summed E-state index contributed by atoms with van der Waals surface area (Å²) in [6.45, 7) is 2.00. The van der Waals surface area contributed by atoms with Crippen molar-refractivity contribution in [2.75, 3.05) is 5.32 Å². The van der Waals surface area contributed by atoms with Crippen molar-refractivity contribution in [3.63, 3.8) is 0 Å². The van der Waals surface area contributed by atoms with Crippen LogP contribution in [0.15, 0.2) is 15.9 Å². The molecule has 0 aliphatic heterocycles. The number of imidazole rings is 1. The maximum Gasteiger partial charge on any atom is 0.332 e. The third-order valence-corrected chi connectivity index (χ3v) is 4.29. The second-order valence-corrected chi connectivity index (χ2v) is 6.01. The molecule has 0 saturated carbocycles. The van der Waals surface area contributed by atoms with Gasteiger partial charge < -0.3 is 9.88 Å². The molecule has 11 heteroatoms. The summed E-state index contributed by atoms with van der Waals surface area (Å²) in [7, 11) is 2.96. The second-order valence-electron chi connectivity index (χ2n) is 5.26. The van der Waals surface area contributed by atoms with Gasteiger partial charge in [0.05, 0.1) is 6.33 Å². The van der Waals surface area contributed by atoms with E-state index in [2.05, 4.69) is 19.7 Å². The Morgan fingerprint density at radius 3 is 2.71 bits per heavy atom. The SMILES string of the molecule is Cc1nsc(NC(=O)CCn2cnc3c2c(=O)n(C)c(=O)n3C)n1. The van der Waals surface area contributed by atoms with Gasteiger partial charge in [0.1, 0.15) is 5.82 Å². The van der Waals surface area contributed by atoms with E-state index >= 15 is 0 Å². The van der Waals surface area contributed by atoms with E-state index in [1.165, 1.54) is 17.9 Å². The smallest absolute Gasteiger partial charge is 0.324 e. The monoisotopic (exact) mass is 349 g/mol. The molecule has 3 heterocycles. The van der Waals surface area contributed by atoms with Crippen LogP contribution in [0.2, 0.25) is 0 Å². The standard InChI is InChI=1S/C13H15N7O3S/c1-7-15-12(24-17-7)16-8(21)4-5-20-6-14-10-9(20)11(22)19(3)13(23)18(10)2/h6H,4-5H2,1-3H3,(H,15,16,17,21). The van der Waals surface area contributed by atoms with Crippen molar-refractivity contribution in [3.8, 4) is 0 Å². The van der Waals surface area contributed by atoms with E-state index in [9.17, 15) is 14.4 Å². The van der Waals surface area contributed by atoms with Gasteiger partial charge in [-0.3, -0.25) is 18.7 Å². The Balaban J connectivity index is 1.82. The van der Waals surface area contributed by atoms with E-state index in [4.69, 9.17) is 0 Å². The first-order valence-corrected chi connectivity index (χ1v) is 7.87.